The van der Waals surface area contributed by atoms with Crippen LogP contribution in [-0.2, 0) is 4.79 Å². The normalized spacial score (nSPS) is 21.2. The van der Waals surface area contributed by atoms with Crippen LogP contribution >= 0.6 is 0 Å². The van der Waals surface area contributed by atoms with Crippen molar-refractivity contribution in [1.82, 2.24) is 14.9 Å². The molecule has 10 nitrogen and oxygen atoms in total. The molecule has 2 aliphatic heterocycles. The Kier molecular flexibility index (Phi) is 4.55. The molecular weight excluding hydrogens is 426 g/mol. The molecule has 3 aromatic rings. The molecule has 2 aromatic carbocycles. The molecule has 10 heteroatoms. The fourth-order valence-electron chi connectivity index (χ4n) is 3.79. The average molecular weight is 455 g/mol. The first kappa shape index (κ1) is 17.6. The van der Waals surface area contributed by atoms with Gasteiger partial charge in [-0.3, -0.25) is 4.79 Å². The van der Waals surface area contributed by atoms with Crippen molar-refractivity contribution >= 4 is 28.6 Å². The molecule has 1 unspecified atom stereocenters. The summed E-state index contributed by atoms with van der Waals surface area (Å²) < 4.78 is 47.4. The molecule has 1 fully saturated rings. The van der Waals surface area contributed by atoms with Crippen LogP contribution in [0.2, 0.25) is 0 Å². The van der Waals surface area contributed by atoms with E-state index in [-0.39, 0.29) is 52.9 Å². The third kappa shape index (κ3) is 3.88. The van der Waals surface area contributed by atoms with Crippen molar-refractivity contribution < 1.29 is 27.9 Å². The van der Waals surface area contributed by atoms with Gasteiger partial charge in [0.05, 0.1) is 23.8 Å². The van der Waals surface area contributed by atoms with Gasteiger partial charge in [0.2, 0.25) is 12.0 Å². The van der Waals surface area contributed by atoms with Gasteiger partial charge in [0, 0.05) is 37.6 Å². The van der Waals surface area contributed by atoms with E-state index in [4.69, 9.17) is 28.8 Å². The number of anilines is 2. The highest BCUT2D eigenvalue weighted by atomic mass is 16.6. The lowest BCUT2D eigenvalue weighted by Crippen LogP contribution is -2.54. The number of hydrogen-bond donors (Lipinski definition) is 1. The number of nitrogens with two attached hydrogens (primary N) is 1. The second kappa shape index (κ2) is 8.53. The molecule has 5 rings (SSSR count). The van der Waals surface area contributed by atoms with Crippen LogP contribution in [0.5, 0.6) is 23.0 Å². The van der Waals surface area contributed by atoms with Gasteiger partial charge in [0.25, 0.3) is 5.91 Å². The largest absolute Gasteiger partial charge is 0.493 e. The van der Waals surface area contributed by atoms with Gasteiger partial charge in [-0.05, 0) is 18.2 Å². The molecule has 1 aromatic heterocycles. The van der Waals surface area contributed by atoms with Gasteiger partial charge in [0.1, 0.15) is 12.4 Å². The first-order valence-corrected chi connectivity index (χ1v) is 10.4. The smallest absolute Gasteiger partial charge is 0.267 e. The third-order valence-corrected chi connectivity index (χ3v) is 5.54. The summed E-state index contributed by atoms with van der Waals surface area (Å²) in [5, 5.41) is 0.209. The zero-order valence-corrected chi connectivity index (χ0v) is 18.3. The minimum absolute atomic E-state index is 0.0458. The van der Waals surface area contributed by atoms with Crippen molar-refractivity contribution in [2.45, 2.75) is 6.08 Å². The first-order chi connectivity index (χ1) is 17.3. The van der Waals surface area contributed by atoms with Crippen molar-refractivity contribution in [1.29, 1.82) is 0 Å². The van der Waals surface area contributed by atoms with E-state index in [0.29, 0.717) is 37.7 Å². The predicted octanol–water partition coefficient (Wildman–Crippen LogP) is 1.72. The maximum atomic E-state index is 13.2. The second-order valence-electron chi connectivity index (χ2n) is 7.49. The quantitative estimate of drug-likeness (QED) is 0.630. The van der Waals surface area contributed by atoms with Crippen LogP contribution in [0.25, 0.3) is 10.9 Å². The minimum atomic E-state index is -1.87. The molecule has 172 valence electrons. The number of hydrogen-bond acceptors (Lipinski definition) is 9. The number of methoxy groups -OCH3 is 2. The van der Waals surface area contributed by atoms with Crippen LogP contribution in [-0.4, -0.2) is 73.9 Å². The Balaban J connectivity index is 1.36. The molecule has 0 spiro atoms. The number of ether oxygens (including phenoxy) is 4. The number of nitrogens with zero attached hydrogens (tertiary/aromatic N) is 4. The highest BCUT2D eigenvalue weighted by Gasteiger charge is 2.33. The maximum absolute atomic E-state index is 13.2. The zero-order valence-electron chi connectivity index (χ0n) is 21.3. The fraction of sp³-hybridized carbons (Fsp3) is 0.348. The average Bonchev–Trinajstić information content (AvgIpc) is 2.89. The van der Waals surface area contributed by atoms with Gasteiger partial charge in [0.15, 0.2) is 23.0 Å². The van der Waals surface area contributed by atoms with E-state index in [1.807, 2.05) is 4.90 Å². The summed E-state index contributed by atoms with van der Waals surface area (Å²) in [4.78, 5) is 25.4. The van der Waals surface area contributed by atoms with E-state index in [2.05, 4.69) is 9.97 Å². The zero-order chi connectivity index (χ0) is 25.6. The van der Waals surface area contributed by atoms with Gasteiger partial charge in [-0.1, -0.05) is 12.1 Å². The van der Waals surface area contributed by atoms with Crippen molar-refractivity contribution in [3.63, 3.8) is 0 Å². The number of aromatic nitrogens is 2. The van der Waals surface area contributed by atoms with Crippen molar-refractivity contribution in [3.8, 4) is 23.0 Å². The van der Waals surface area contributed by atoms with E-state index in [1.54, 1.807) is 29.2 Å². The van der Waals surface area contributed by atoms with Gasteiger partial charge in [-0.25, -0.2) is 4.98 Å². The second-order valence-corrected chi connectivity index (χ2v) is 7.49. The summed E-state index contributed by atoms with van der Waals surface area (Å²) in [6.07, 6.45) is -1.87. The number of carbonyl (C=O) groups is 1. The molecular formula is C23H25N5O5. The summed E-state index contributed by atoms with van der Waals surface area (Å²) >= 11 is 0. The standard InChI is InChI=1S/C23H25N5O5/c1-30-18-11-14-15(12-19(18)31-2)25-23(26-21(14)24)28-9-7-27(8-10-28)22(29)20-13-32-16-5-3-4-6-17(16)33-20/h3-6,11-12,20H,7-10,13H2,1-2H3,(H2,24,25,26)/i11D,12D,20D. The van der Waals surface area contributed by atoms with E-state index >= 15 is 0 Å². The van der Waals surface area contributed by atoms with Gasteiger partial charge < -0.3 is 34.5 Å². The molecule has 0 aliphatic carbocycles. The predicted molar refractivity (Wildman–Crippen MR) is 122 cm³/mol. The highest BCUT2D eigenvalue weighted by Crippen LogP contribution is 2.34. The molecule has 0 saturated carbocycles. The number of rotatable bonds is 4. The summed E-state index contributed by atoms with van der Waals surface area (Å²) in [6.45, 7) is 1.14. The fourth-order valence-corrected chi connectivity index (χ4v) is 3.79. The molecule has 1 saturated heterocycles. The number of benzene rings is 2. The van der Waals surface area contributed by atoms with Crippen molar-refractivity contribution in [2.24, 2.45) is 0 Å². The van der Waals surface area contributed by atoms with E-state index in [1.165, 1.54) is 14.2 Å². The summed E-state index contributed by atoms with van der Waals surface area (Å²) in [7, 11) is 2.78. The van der Waals surface area contributed by atoms with Gasteiger partial charge in [-0.2, -0.15) is 4.98 Å². The van der Waals surface area contributed by atoms with Crippen LogP contribution in [0, 0.1) is 0 Å². The van der Waals surface area contributed by atoms with Crippen LogP contribution in [0.4, 0.5) is 11.8 Å². The lowest BCUT2D eigenvalue weighted by molar-refractivity contribution is -0.141. The molecule has 1 amide bonds. The number of amides is 1. The number of carbonyl (C=O) groups excluding carboxylic acids is 1. The summed E-state index contributed by atoms with van der Waals surface area (Å²) in [6, 6.07) is 6.82. The van der Waals surface area contributed by atoms with Crippen molar-refractivity contribution in [3.05, 3.63) is 36.4 Å². The van der Waals surface area contributed by atoms with Crippen LogP contribution < -0.4 is 29.6 Å². The summed E-state index contributed by atoms with van der Waals surface area (Å²) in [5.74, 6) is 0.876. The molecule has 3 heterocycles. The van der Waals surface area contributed by atoms with Crippen LogP contribution in [0.3, 0.4) is 0 Å². The number of piperazine rings is 1. The molecule has 33 heavy (non-hydrogen) atoms. The third-order valence-electron chi connectivity index (χ3n) is 5.54. The maximum Gasteiger partial charge on any atom is 0.267 e. The topological polar surface area (TPSA) is 112 Å². The molecule has 0 bridgehead atoms. The van der Waals surface area contributed by atoms with Gasteiger partial charge >= 0.3 is 0 Å². The van der Waals surface area contributed by atoms with E-state index in [0.717, 1.165) is 0 Å². The van der Waals surface area contributed by atoms with Gasteiger partial charge in [-0.15, -0.1) is 0 Å². The van der Waals surface area contributed by atoms with Crippen molar-refractivity contribution in [2.75, 3.05) is 57.6 Å². The first-order valence-electron chi connectivity index (χ1n) is 11.9. The molecule has 2 N–H and O–H groups in total. The lowest BCUT2D eigenvalue weighted by Gasteiger charge is -2.37. The Morgan fingerprint density at radius 2 is 1.82 bits per heavy atom. The number of nitrogen functional groups attached to an aromatic ring is 1. The van der Waals surface area contributed by atoms with E-state index < -0.39 is 12.0 Å². The highest BCUT2D eigenvalue weighted by molar-refractivity contribution is 5.91. The Hall–Kier alpha value is -3.95. The summed E-state index contributed by atoms with van der Waals surface area (Å²) in [5.41, 5.74) is 6.36. The Bertz CT molecular complexity index is 1350. The Labute approximate surface area is 195 Å². The molecule has 0 radical (unpaired) electrons. The number of fused-ring (bicyclic) bond motifs is 2. The van der Waals surface area contributed by atoms with E-state index in [9.17, 15) is 4.79 Å². The van der Waals surface area contributed by atoms with Crippen LogP contribution in [0.15, 0.2) is 36.4 Å². The molecule has 2 aliphatic rings. The Morgan fingerprint density at radius 1 is 1.12 bits per heavy atom. The van der Waals surface area contributed by atoms with Crippen LogP contribution in [0.1, 0.15) is 4.11 Å². The SMILES string of the molecule is [2H]c1c(OC)c(OC)c([2H])c2c(N)nc(N3CCN(C(=O)C4([2H])COc5ccccc5O4)CC3)nc12. The monoisotopic (exact) mass is 454 g/mol. The Morgan fingerprint density at radius 3 is 2.55 bits per heavy atom. The lowest BCUT2D eigenvalue weighted by atomic mass is 10.2. The number of para-hydroxylation sites is 2. The minimum Gasteiger partial charge on any atom is -0.493 e. The molecule has 1 atom stereocenters.